The predicted molar refractivity (Wildman–Crippen MR) is 70.6 cm³/mol. The molecule has 5 nitrogen and oxygen atoms in total. The fourth-order valence-electron chi connectivity index (χ4n) is 2.62. The van der Waals surface area contributed by atoms with Gasteiger partial charge in [-0.2, -0.15) is 0 Å². The molecule has 2 saturated heterocycles. The van der Waals surface area contributed by atoms with Gasteiger partial charge < -0.3 is 15.4 Å². The van der Waals surface area contributed by atoms with Crippen molar-refractivity contribution >= 4 is 6.03 Å². The minimum Gasteiger partial charge on any atom is -0.376 e. The average molecular weight is 255 g/mol. The monoisotopic (exact) mass is 255 g/mol. The van der Waals surface area contributed by atoms with E-state index < -0.39 is 0 Å². The van der Waals surface area contributed by atoms with Gasteiger partial charge in [0.2, 0.25) is 0 Å². The highest BCUT2D eigenvalue weighted by Crippen LogP contribution is 2.12. The molecule has 2 fully saturated rings. The lowest BCUT2D eigenvalue weighted by molar-refractivity contribution is 0.111. The Bertz CT molecular complexity index is 277. The van der Waals surface area contributed by atoms with Gasteiger partial charge in [-0.3, -0.25) is 4.90 Å². The smallest absolute Gasteiger partial charge is 0.315 e. The maximum atomic E-state index is 11.7. The largest absolute Gasteiger partial charge is 0.376 e. The van der Waals surface area contributed by atoms with Gasteiger partial charge in [-0.25, -0.2) is 4.79 Å². The molecular formula is C13H25N3O2. The van der Waals surface area contributed by atoms with E-state index >= 15 is 0 Å². The summed E-state index contributed by atoms with van der Waals surface area (Å²) in [4.78, 5) is 14.1. The number of amides is 2. The molecule has 0 aromatic rings. The first-order valence-electron chi connectivity index (χ1n) is 7.05. The summed E-state index contributed by atoms with van der Waals surface area (Å²) in [5.74, 6) is 0. The zero-order valence-electron chi connectivity index (χ0n) is 11.4. The number of hydrogen-bond acceptors (Lipinski definition) is 3. The lowest BCUT2D eigenvalue weighted by atomic mass is 10.2. The molecule has 2 unspecified atom stereocenters. The van der Waals surface area contributed by atoms with Crippen LogP contribution in [0.5, 0.6) is 0 Å². The first kappa shape index (κ1) is 13.6. The number of rotatable bonds is 4. The molecule has 0 saturated carbocycles. The Kier molecular flexibility index (Phi) is 4.83. The molecule has 104 valence electrons. The Balaban J connectivity index is 1.62. The third kappa shape index (κ3) is 3.85. The van der Waals surface area contributed by atoms with Gasteiger partial charge in [0, 0.05) is 38.3 Å². The second-order valence-corrected chi connectivity index (χ2v) is 5.56. The molecule has 2 aliphatic heterocycles. The summed E-state index contributed by atoms with van der Waals surface area (Å²) >= 11 is 0. The maximum absolute atomic E-state index is 11.7. The van der Waals surface area contributed by atoms with Crippen molar-refractivity contribution in [3.05, 3.63) is 0 Å². The van der Waals surface area contributed by atoms with Crippen molar-refractivity contribution in [2.45, 2.75) is 51.3 Å². The Morgan fingerprint density at radius 1 is 1.44 bits per heavy atom. The third-order valence-corrected chi connectivity index (χ3v) is 3.80. The lowest BCUT2D eigenvalue weighted by Crippen LogP contribution is -2.45. The number of nitrogens with one attached hydrogen (secondary N) is 2. The topological polar surface area (TPSA) is 53.6 Å². The molecule has 0 spiro atoms. The van der Waals surface area contributed by atoms with E-state index in [9.17, 15) is 4.79 Å². The summed E-state index contributed by atoms with van der Waals surface area (Å²) < 4.78 is 5.47. The van der Waals surface area contributed by atoms with Crippen LogP contribution >= 0.6 is 0 Å². The fraction of sp³-hybridized carbons (Fsp3) is 0.923. The van der Waals surface area contributed by atoms with Crippen molar-refractivity contribution in [2.75, 3.05) is 26.2 Å². The van der Waals surface area contributed by atoms with E-state index in [-0.39, 0.29) is 18.2 Å². The van der Waals surface area contributed by atoms with Crippen LogP contribution in [0.25, 0.3) is 0 Å². The normalized spacial score (nSPS) is 28.8. The van der Waals surface area contributed by atoms with Crippen molar-refractivity contribution in [2.24, 2.45) is 0 Å². The SMILES string of the molecule is CC(C)N1CCC(NC(=O)NCC2CCCO2)C1. The number of hydrogen-bond donors (Lipinski definition) is 2. The van der Waals surface area contributed by atoms with Crippen LogP contribution in [0, 0.1) is 0 Å². The molecule has 0 radical (unpaired) electrons. The van der Waals surface area contributed by atoms with Gasteiger partial charge in [0.1, 0.15) is 0 Å². The molecular weight excluding hydrogens is 230 g/mol. The molecule has 0 aliphatic carbocycles. The van der Waals surface area contributed by atoms with Crippen molar-refractivity contribution in [3.8, 4) is 0 Å². The molecule has 0 aromatic carbocycles. The number of likely N-dealkylation sites (tertiary alicyclic amines) is 1. The first-order chi connectivity index (χ1) is 8.65. The molecule has 2 N–H and O–H groups in total. The quantitative estimate of drug-likeness (QED) is 0.786. The zero-order chi connectivity index (χ0) is 13.0. The van der Waals surface area contributed by atoms with Crippen LogP contribution in [0.2, 0.25) is 0 Å². The Morgan fingerprint density at radius 2 is 2.28 bits per heavy atom. The van der Waals surface area contributed by atoms with E-state index in [1.54, 1.807) is 0 Å². The summed E-state index contributed by atoms with van der Waals surface area (Å²) in [7, 11) is 0. The van der Waals surface area contributed by atoms with Crippen molar-refractivity contribution in [1.29, 1.82) is 0 Å². The highest BCUT2D eigenvalue weighted by atomic mass is 16.5. The molecule has 18 heavy (non-hydrogen) atoms. The molecule has 2 atom stereocenters. The summed E-state index contributed by atoms with van der Waals surface area (Å²) in [6, 6.07) is 0.796. The van der Waals surface area contributed by atoms with Gasteiger partial charge in [0.05, 0.1) is 6.10 Å². The van der Waals surface area contributed by atoms with Gasteiger partial charge in [0.25, 0.3) is 0 Å². The molecule has 5 heteroatoms. The van der Waals surface area contributed by atoms with Gasteiger partial charge in [-0.05, 0) is 33.1 Å². The van der Waals surface area contributed by atoms with Crippen LogP contribution in [-0.2, 0) is 4.74 Å². The van der Waals surface area contributed by atoms with E-state index in [0.717, 1.165) is 39.0 Å². The van der Waals surface area contributed by atoms with Gasteiger partial charge in [-0.1, -0.05) is 0 Å². The maximum Gasteiger partial charge on any atom is 0.315 e. The minimum atomic E-state index is -0.0545. The van der Waals surface area contributed by atoms with E-state index in [2.05, 4.69) is 29.4 Å². The standard InChI is InChI=1S/C13H25N3O2/c1-10(2)16-6-5-11(9-16)15-13(17)14-8-12-4-3-7-18-12/h10-12H,3-9H2,1-2H3,(H2,14,15,17). The predicted octanol–water partition coefficient (Wildman–Crippen LogP) is 0.947. The first-order valence-corrected chi connectivity index (χ1v) is 7.05. The zero-order valence-corrected chi connectivity index (χ0v) is 11.4. The Hall–Kier alpha value is -0.810. The van der Waals surface area contributed by atoms with Gasteiger partial charge in [0.15, 0.2) is 0 Å². The van der Waals surface area contributed by atoms with E-state index in [1.165, 1.54) is 0 Å². The summed E-state index contributed by atoms with van der Waals surface area (Å²) in [5.41, 5.74) is 0. The molecule has 2 amide bonds. The van der Waals surface area contributed by atoms with Crippen molar-refractivity contribution < 1.29 is 9.53 Å². The van der Waals surface area contributed by atoms with Crippen LogP contribution < -0.4 is 10.6 Å². The molecule has 0 bridgehead atoms. The second kappa shape index (κ2) is 6.38. The van der Waals surface area contributed by atoms with Crippen LogP contribution in [-0.4, -0.2) is 55.4 Å². The second-order valence-electron chi connectivity index (χ2n) is 5.56. The third-order valence-electron chi connectivity index (χ3n) is 3.80. The van der Waals surface area contributed by atoms with Crippen LogP contribution in [0.3, 0.4) is 0 Å². The summed E-state index contributed by atoms with van der Waals surface area (Å²) in [6.07, 6.45) is 3.43. The van der Waals surface area contributed by atoms with Crippen molar-refractivity contribution in [3.63, 3.8) is 0 Å². The molecule has 2 heterocycles. The van der Waals surface area contributed by atoms with E-state index in [1.807, 2.05) is 0 Å². The minimum absolute atomic E-state index is 0.0545. The van der Waals surface area contributed by atoms with Crippen LogP contribution in [0.1, 0.15) is 33.1 Å². The van der Waals surface area contributed by atoms with E-state index in [0.29, 0.717) is 12.6 Å². The van der Waals surface area contributed by atoms with Gasteiger partial charge in [-0.15, -0.1) is 0 Å². The highest BCUT2D eigenvalue weighted by Gasteiger charge is 2.25. The summed E-state index contributed by atoms with van der Waals surface area (Å²) in [6.45, 7) is 7.89. The number of nitrogens with zero attached hydrogens (tertiary/aromatic N) is 1. The highest BCUT2D eigenvalue weighted by molar-refractivity contribution is 5.74. The number of carbonyl (C=O) groups is 1. The Labute approximate surface area is 109 Å². The van der Waals surface area contributed by atoms with E-state index in [4.69, 9.17) is 4.74 Å². The van der Waals surface area contributed by atoms with Crippen molar-refractivity contribution in [1.82, 2.24) is 15.5 Å². The van der Waals surface area contributed by atoms with Gasteiger partial charge >= 0.3 is 6.03 Å². The Morgan fingerprint density at radius 3 is 2.89 bits per heavy atom. The summed E-state index contributed by atoms with van der Waals surface area (Å²) in [5, 5.41) is 5.94. The lowest BCUT2D eigenvalue weighted by Gasteiger charge is -2.20. The fourth-order valence-corrected chi connectivity index (χ4v) is 2.62. The number of urea groups is 1. The van der Waals surface area contributed by atoms with Crippen LogP contribution in [0.15, 0.2) is 0 Å². The van der Waals surface area contributed by atoms with Crippen LogP contribution in [0.4, 0.5) is 4.79 Å². The molecule has 2 rings (SSSR count). The average Bonchev–Trinajstić information content (AvgIpc) is 2.96. The molecule has 0 aromatic heterocycles. The number of ether oxygens (including phenoxy) is 1. The number of carbonyl (C=O) groups excluding carboxylic acids is 1. The molecule has 2 aliphatic rings.